The van der Waals surface area contributed by atoms with Crippen molar-refractivity contribution in [2.45, 2.75) is 12.8 Å². The van der Waals surface area contributed by atoms with Crippen LogP contribution in [0.25, 0.3) is 16.9 Å². The first-order chi connectivity index (χ1) is 15.0. The number of methoxy groups -OCH3 is 2. The highest BCUT2D eigenvalue weighted by Crippen LogP contribution is 2.34. The number of likely N-dealkylation sites (tertiary alicyclic amines) is 1. The monoisotopic (exact) mass is 422 g/mol. The molecule has 1 aliphatic rings. The molecule has 3 aromatic rings. The number of aromatic nitrogens is 2. The number of non-ortho nitro benzene ring substituents is 1. The van der Waals surface area contributed by atoms with Crippen molar-refractivity contribution in [2.75, 3.05) is 27.3 Å². The van der Waals surface area contributed by atoms with Crippen LogP contribution in [0.15, 0.2) is 48.5 Å². The number of nitrogens with zero attached hydrogens (tertiary/aromatic N) is 4. The third-order valence-corrected chi connectivity index (χ3v) is 5.31. The lowest BCUT2D eigenvalue weighted by Crippen LogP contribution is -2.29. The number of nitro benzene ring substituents is 1. The van der Waals surface area contributed by atoms with Crippen LogP contribution in [-0.4, -0.2) is 52.8 Å². The van der Waals surface area contributed by atoms with Gasteiger partial charge in [0.05, 0.1) is 30.5 Å². The molecule has 0 N–H and O–H groups in total. The van der Waals surface area contributed by atoms with Crippen molar-refractivity contribution in [3.8, 4) is 28.4 Å². The molecule has 1 aliphatic heterocycles. The number of hydrogen-bond acceptors (Lipinski definition) is 6. The Bertz CT molecular complexity index is 1120. The zero-order valence-corrected chi connectivity index (χ0v) is 17.3. The van der Waals surface area contributed by atoms with Gasteiger partial charge in [-0.25, -0.2) is 4.68 Å². The van der Waals surface area contributed by atoms with Crippen molar-refractivity contribution in [2.24, 2.45) is 0 Å². The molecule has 1 amide bonds. The van der Waals surface area contributed by atoms with Crippen molar-refractivity contribution in [1.82, 2.24) is 14.7 Å². The van der Waals surface area contributed by atoms with Gasteiger partial charge in [0.1, 0.15) is 17.2 Å². The quantitative estimate of drug-likeness (QED) is 0.444. The van der Waals surface area contributed by atoms with Gasteiger partial charge < -0.3 is 14.4 Å². The van der Waals surface area contributed by atoms with Gasteiger partial charge in [0.25, 0.3) is 11.6 Å². The van der Waals surface area contributed by atoms with E-state index in [9.17, 15) is 14.9 Å². The van der Waals surface area contributed by atoms with Gasteiger partial charge in [0.15, 0.2) is 0 Å². The minimum Gasteiger partial charge on any atom is -0.497 e. The summed E-state index contributed by atoms with van der Waals surface area (Å²) < 4.78 is 12.3. The standard InChI is InChI=1S/C22H22N4O5/c1-30-17-9-10-18(21(13-17)31-2)19-14-20(22(27)24-11-3-4-12-24)25(23-19)15-5-7-16(8-6-15)26(28)29/h5-10,13-14H,3-4,11-12H2,1-2H3. The number of hydrogen-bond donors (Lipinski definition) is 0. The summed E-state index contributed by atoms with van der Waals surface area (Å²) in [5.41, 5.74) is 2.19. The van der Waals surface area contributed by atoms with Crippen LogP contribution in [0.5, 0.6) is 11.5 Å². The molecule has 9 nitrogen and oxygen atoms in total. The Morgan fingerprint density at radius 1 is 1.03 bits per heavy atom. The number of rotatable bonds is 6. The maximum atomic E-state index is 13.2. The zero-order valence-electron chi connectivity index (χ0n) is 17.3. The van der Waals surface area contributed by atoms with Crippen LogP contribution in [0, 0.1) is 10.1 Å². The minimum atomic E-state index is -0.461. The number of carbonyl (C=O) groups excluding carboxylic acids is 1. The van der Waals surface area contributed by atoms with Crippen LogP contribution in [0.2, 0.25) is 0 Å². The lowest BCUT2D eigenvalue weighted by atomic mass is 10.1. The number of benzene rings is 2. The number of carbonyl (C=O) groups is 1. The van der Waals surface area contributed by atoms with E-state index in [0.717, 1.165) is 12.8 Å². The van der Waals surface area contributed by atoms with Crippen molar-refractivity contribution >= 4 is 11.6 Å². The van der Waals surface area contributed by atoms with E-state index in [-0.39, 0.29) is 11.6 Å². The van der Waals surface area contributed by atoms with E-state index in [1.54, 1.807) is 49.5 Å². The average Bonchev–Trinajstić information content (AvgIpc) is 3.49. The van der Waals surface area contributed by atoms with Gasteiger partial charge in [-0.1, -0.05) is 0 Å². The fraction of sp³-hybridized carbons (Fsp3) is 0.273. The Morgan fingerprint density at radius 2 is 1.74 bits per heavy atom. The van der Waals surface area contributed by atoms with E-state index in [0.29, 0.717) is 47.2 Å². The van der Waals surface area contributed by atoms with E-state index in [4.69, 9.17) is 9.47 Å². The molecule has 4 rings (SSSR count). The average molecular weight is 422 g/mol. The Morgan fingerprint density at radius 3 is 2.35 bits per heavy atom. The fourth-order valence-corrected chi connectivity index (χ4v) is 3.67. The van der Waals surface area contributed by atoms with Crippen LogP contribution in [0.4, 0.5) is 5.69 Å². The highest BCUT2D eigenvalue weighted by molar-refractivity contribution is 5.94. The molecule has 0 radical (unpaired) electrons. The summed E-state index contributed by atoms with van der Waals surface area (Å²) in [5.74, 6) is 1.08. The summed E-state index contributed by atoms with van der Waals surface area (Å²) in [6.07, 6.45) is 1.94. The van der Waals surface area contributed by atoms with E-state index in [1.165, 1.54) is 16.8 Å². The van der Waals surface area contributed by atoms with Crippen LogP contribution in [0.1, 0.15) is 23.3 Å². The Labute approximate surface area is 179 Å². The molecular weight excluding hydrogens is 400 g/mol. The SMILES string of the molecule is COc1ccc(-c2cc(C(=O)N3CCCC3)n(-c3ccc([N+](=O)[O-])cc3)n2)c(OC)c1. The molecule has 0 bridgehead atoms. The number of ether oxygens (including phenoxy) is 2. The van der Waals surface area contributed by atoms with Crippen molar-refractivity contribution in [3.05, 3.63) is 64.3 Å². The third kappa shape index (κ3) is 3.94. The zero-order chi connectivity index (χ0) is 22.0. The molecular formula is C22H22N4O5. The summed E-state index contributed by atoms with van der Waals surface area (Å²) in [5, 5.41) is 15.7. The largest absolute Gasteiger partial charge is 0.497 e. The molecule has 2 heterocycles. The second kappa shape index (κ2) is 8.47. The molecule has 9 heteroatoms. The van der Waals surface area contributed by atoms with E-state index in [2.05, 4.69) is 5.10 Å². The molecule has 1 fully saturated rings. The third-order valence-electron chi connectivity index (χ3n) is 5.31. The van der Waals surface area contributed by atoms with E-state index < -0.39 is 4.92 Å². The normalized spacial score (nSPS) is 13.3. The maximum absolute atomic E-state index is 13.2. The van der Waals surface area contributed by atoms with E-state index >= 15 is 0 Å². The summed E-state index contributed by atoms with van der Waals surface area (Å²) >= 11 is 0. The molecule has 1 aromatic heterocycles. The van der Waals surface area contributed by atoms with Crippen molar-refractivity contribution in [3.63, 3.8) is 0 Å². The molecule has 2 aromatic carbocycles. The Kier molecular flexibility index (Phi) is 5.57. The summed E-state index contributed by atoms with van der Waals surface area (Å²) in [6.45, 7) is 1.40. The van der Waals surface area contributed by atoms with Gasteiger partial charge in [-0.15, -0.1) is 0 Å². The van der Waals surface area contributed by atoms with Crippen LogP contribution >= 0.6 is 0 Å². The van der Waals surface area contributed by atoms with Gasteiger partial charge in [0.2, 0.25) is 0 Å². The molecule has 0 atom stereocenters. The molecule has 1 saturated heterocycles. The summed E-state index contributed by atoms with van der Waals surface area (Å²) in [6, 6.07) is 13.1. The second-order valence-electron chi connectivity index (χ2n) is 7.17. The molecule has 0 spiro atoms. The lowest BCUT2D eigenvalue weighted by Gasteiger charge is -2.15. The predicted molar refractivity (Wildman–Crippen MR) is 114 cm³/mol. The molecule has 31 heavy (non-hydrogen) atoms. The van der Waals surface area contributed by atoms with Gasteiger partial charge in [-0.3, -0.25) is 14.9 Å². The van der Waals surface area contributed by atoms with Crippen LogP contribution in [0.3, 0.4) is 0 Å². The van der Waals surface area contributed by atoms with Crippen molar-refractivity contribution < 1.29 is 19.2 Å². The minimum absolute atomic E-state index is 0.0274. The van der Waals surface area contributed by atoms with Crippen LogP contribution < -0.4 is 9.47 Å². The van der Waals surface area contributed by atoms with Gasteiger partial charge in [0, 0.05) is 36.9 Å². The first kappa shape index (κ1) is 20.4. The first-order valence-electron chi connectivity index (χ1n) is 9.88. The predicted octanol–water partition coefficient (Wildman–Crippen LogP) is 3.70. The molecule has 0 saturated carbocycles. The summed E-state index contributed by atoms with van der Waals surface area (Å²) in [7, 11) is 3.13. The van der Waals surface area contributed by atoms with Crippen LogP contribution in [-0.2, 0) is 0 Å². The molecule has 0 unspecified atom stereocenters. The van der Waals surface area contributed by atoms with Crippen molar-refractivity contribution in [1.29, 1.82) is 0 Å². The van der Waals surface area contributed by atoms with Gasteiger partial charge in [-0.05, 0) is 43.2 Å². The number of amides is 1. The molecule has 0 aliphatic carbocycles. The second-order valence-corrected chi connectivity index (χ2v) is 7.17. The highest BCUT2D eigenvalue weighted by Gasteiger charge is 2.26. The van der Waals surface area contributed by atoms with Gasteiger partial charge in [-0.2, -0.15) is 5.10 Å². The van der Waals surface area contributed by atoms with E-state index in [1.807, 2.05) is 6.07 Å². The Balaban J connectivity index is 1.82. The maximum Gasteiger partial charge on any atom is 0.272 e. The summed E-state index contributed by atoms with van der Waals surface area (Å²) in [4.78, 5) is 25.6. The fourth-order valence-electron chi connectivity index (χ4n) is 3.67. The topological polar surface area (TPSA) is 99.7 Å². The lowest BCUT2D eigenvalue weighted by molar-refractivity contribution is -0.384. The first-order valence-corrected chi connectivity index (χ1v) is 9.88. The molecule has 160 valence electrons. The number of nitro groups is 1. The Hall–Kier alpha value is -3.88. The smallest absolute Gasteiger partial charge is 0.272 e. The van der Waals surface area contributed by atoms with Gasteiger partial charge >= 0.3 is 0 Å². The highest BCUT2D eigenvalue weighted by atomic mass is 16.6.